The highest BCUT2D eigenvalue weighted by molar-refractivity contribution is 6.04. The summed E-state index contributed by atoms with van der Waals surface area (Å²) in [6.07, 6.45) is 8.46. The zero-order valence-electron chi connectivity index (χ0n) is 12.6. The van der Waals surface area contributed by atoms with Crippen LogP contribution in [0.5, 0.6) is 0 Å². The number of nitro groups is 1. The molecule has 1 aromatic carbocycles. The molecule has 0 saturated carbocycles. The molecule has 22 heavy (non-hydrogen) atoms. The van der Waals surface area contributed by atoms with Crippen LogP contribution in [-0.4, -0.2) is 35.4 Å². The van der Waals surface area contributed by atoms with Gasteiger partial charge in [0.15, 0.2) is 5.78 Å². The molecular formula is C17H18N2O3. The van der Waals surface area contributed by atoms with Crippen LogP contribution in [0.1, 0.15) is 16.8 Å². The van der Waals surface area contributed by atoms with Crippen LogP contribution in [0.3, 0.4) is 0 Å². The van der Waals surface area contributed by atoms with Gasteiger partial charge in [-0.05, 0) is 25.7 Å². The monoisotopic (exact) mass is 298 g/mol. The lowest BCUT2D eigenvalue weighted by molar-refractivity contribution is -0.582. The Bertz CT molecular complexity index is 660. The number of carbonyl (C=O) groups is 1. The van der Waals surface area contributed by atoms with Crippen molar-refractivity contribution in [2.24, 2.45) is 0 Å². The highest BCUT2D eigenvalue weighted by Crippen LogP contribution is 2.26. The summed E-state index contributed by atoms with van der Waals surface area (Å²) in [5.74, 6) is -0.0892. The van der Waals surface area contributed by atoms with E-state index in [0.717, 1.165) is 5.57 Å². The molecule has 1 aliphatic rings. The second-order valence-electron chi connectivity index (χ2n) is 5.34. The van der Waals surface area contributed by atoms with Crippen molar-refractivity contribution in [1.82, 2.24) is 4.90 Å². The Balaban J connectivity index is 2.10. The lowest BCUT2D eigenvalue weighted by atomic mass is 9.95. The Labute approximate surface area is 129 Å². The molecule has 0 fully saturated rings. The van der Waals surface area contributed by atoms with Gasteiger partial charge < -0.3 is 0 Å². The van der Waals surface area contributed by atoms with Gasteiger partial charge in [-0.15, -0.1) is 0 Å². The minimum atomic E-state index is -1.21. The van der Waals surface area contributed by atoms with E-state index in [2.05, 4.69) is 0 Å². The number of carbonyl (C=O) groups excluding carboxylic acids is 1. The minimum absolute atomic E-state index is 0.0892. The van der Waals surface area contributed by atoms with Crippen molar-refractivity contribution in [1.29, 1.82) is 0 Å². The first-order chi connectivity index (χ1) is 10.5. The van der Waals surface area contributed by atoms with Crippen molar-refractivity contribution < 1.29 is 9.72 Å². The van der Waals surface area contributed by atoms with Crippen LogP contribution in [0, 0.1) is 10.1 Å². The molecule has 0 heterocycles. The topological polar surface area (TPSA) is 63.4 Å². The van der Waals surface area contributed by atoms with Crippen LogP contribution in [0.25, 0.3) is 0 Å². The standard InChI is InChI=1S/C17H18N2O3/c1-18(2)17(19(21)22)12-10-14(11-13-17)8-9-16(20)15-6-4-3-5-7-15/h3-12H,13H2,1-2H3. The van der Waals surface area contributed by atoms with Gasteiger partial charge in [-0.2, -0.15) is 0 Å². The first-order valence-corrected chi connectivity index (χ1v) is 6.94. The Morgan fingerprint density at radius 1 is 1.32 bits per heavy atom. The van der Waals surface area contributed by atoms with Gasteiger partial charge >= 0.3 is 0 Å². The zero-order valence-corrected chi connectivity index (χ0v) is 12.6. The maximum atomic E-state index is 12.0. The number of allylic oxidation sites excluding steroid dienone is 4. The van der Waals surface area contributed by atoms with Gasteiger partial charge in [0, 0.05) is 16.6 Å². The van der Waals surface area contributed by atoms with E-state index in [1.165, 1.54) is 6.08 Å². The molecule has 114 valence electrons. The van der Waals surface area contributed by atoms with E-state index in [4.69, 9.17) is 0 Å². The number of likely N-dealkylation sites (N-methyl/N-ethyl adjacent to an activating group) is 1. The van der Waals surface area contributed by atoms with E-state index < -0.39 is 5.66 Å². The Morgan fingerprint density at radius 2 is 2.00 bits per heavy atom. The number of rotatable bonds is 5. The average molecular weight is 298 g/mol. The van der Waals surface area contributed by atoms with E-state index in [-0.39, 0.29) is 17.1 Å². The summed E-state index contributed by atoms with van der Waals surface area (Å²) in [6.45, 7) is 0. The predicted octanol–water partition coefficient (Wildman–Crippen LogP) is 2.85. The van der Waals surface area contributed by atoms with E-state index in [1.54, 1.807) is 55.4 Å². The molecule has 0 radical (unpaired) electrons. The van der Waals surface area contributed by atoms with Crippen molar-refractivity contribution in [2.75, 3.05) is 14.1 Å². The van der Waals surface area contributed by atoms with E-state index in [1.807, 2.05) is 18.2 Å². The van der Waals surface area contributed by atoms with Crippen molar-refractivity contribution in [2.45, 2.75) is 12.1 Å². The second-order valence-corrected chi connectivity index (χ2v) is 5.34. The van der Waals surface area contributed by atoms with Gasteiger partial charge in [-0.3, -0.25) is 14.9 Å². The van der Waals surface area contributed by atoms with Crippen molar-refractivity contribution in [3.8, 4) is 0 Å². The molecule has 1 aliphatic carbocycles. The van der Waals surface area contributed by atoms with Gasteiger partial charge in [0.05, 0.1) is 6.42 Å². The molecular weight excluding hydrogens is 280 g/mol. The molecule has 0 aliphatic heterocycles. The molecule has 1 atom stereocenters. The molecule has 1 aromatic rings. The maximum absolute atomic E-state index is 12.0. The molecule has 0 spiro atoms. The smallest absolute Gasteiger partial charge is 0.289 e. The summed E-state index contributed by atoms with van der Waals surface area (Å²) in [7, 11) is 3.36. The Kier molecular flexibility index (Phi) is 4.68. The van der Waals surface area contributed by atoms with Crippen molar-refractivity contribution in [3.63, 3.8) is 0 Å². The number of nitrogens with zero attached hydrogens (tertiary/aromatic N) is 2. The normalized spacial score (nSPS) is 21.1. The molecule has 1 unspecified atom stereocenters. The zero-order chi connectivity index (χ0) is 16.2. The second kappa shape index (κ2) is 6.49. The third-order valence-corrected chi connectivity index (χ3v) is 3.76. The molecule has 5 heteroatoms. The molecule has 0 amide bonds. The summed E-state index contributed by atoms with van der Waals surface area (Å²) < 4.78 is 0. The van der Waals surface area contributed by atoms with Gasteiger partial charge in [0.2, 0.25) is 0 Å². The summed E-state index contributed by atoms with van der Waals surface area (Å²) >= 11 is 0. The van der Waals surface area contributed by atoms with Crippen molar-refractivity contribution >= 4 is 5.78 Å². The number of hydrogen-bond acceptors (Lipinski definition) is 4. The summed E-state index contributed by atoms with van der Waals surface area (Å²) in [4.78, 5) is 24.5. The number of hydrogen-bond donors (Lipinski definition) is 0. The summed E-state index contributed by atoms with van der Waals surface area (Å²) in [5.41, 5.74) is 0.205. The molecule has 0 N–H and O–H groups in total. The molecule has 5 nitrogen and oxygen atoms in total. The third-order valence-electron chi connectivity index (χ3n) is 3.76. The lowest BCUT2D eigenvalue weighted by Gasteiger charge is -2.29. The van der Waals surface area contributed by atoms with E-state index in [9.17, 15) is 14.9 Å². The first-order valence-electron chi connectivity index (χ1n) is 6.94. The Morgan fingerprint density at radius 3 is 2.50 bits per heavy atom. The van der Waals surface area contributed by atoms with Crippen LogP contribution < -0.4 is 0 Å². The van der Waals surface area contributed by atoms with Crippen molar-refractivity contribution in [3.05, 3.63) is 82.0 Å². The highest BCUT2D eigenvalue weighted by atomic mass is 16.6. The van der Waals surface area contributed by atoms with Crippen LogP contribution in [0.4, 0.5) is 0 Å². The fraction of sp³-hybridized carbons (Fsp3) is 0.235. The van der Waals surface area contributed by atoms with Gasteiger partial charge in [-0.1, -0.05) is 48.6 Å². The number of ketones is 1. The van der Waals surface area contributed by atoms with E-state index in [0.29, 0.717) is 5.56 Å². The van der Waals surface area contributed by atoms with Crippen LogP contribution in [0.15, 0.2) is 66.3 Å². The molecule has 0 aromatic heterocycles. The predicted molar refractivity (Wildman–Crippen MR) is 85.2 cm³/mol. The fourth-order valence-electron chi connectivity index (χ4n) is 2.26. The molecule has 0 saturated heterocycles. The van der Waals surface area contributed by atoms with Gasteiger partial charge in [0.1, 0.15) is 0 Å². The summed E-state index contributed by atoms with van der Waals surface area (Å²) in [5, 5.41) is 11.3. The SMILES string of the molecule is CN(C)C1([N+](=O)[O-])C=CC(C=CC(=O)c2ccccc2)=CC1. The highest BCUT2D eigenvalue weighted by Gasteiger charge is 2.42. The molecule has 2 rings (SSSR count). The van der Waals surface area contributed by atoms with E-state index >= 15 is 0 Å². The van der Waals surface area contributed by atoms with Crippen LogP contribution in [0.2, 0.25) is 0 Å². The van der Waals surface area contributed by atoms with Crippen LogP contribution >= 0.6 is 0 Å². The van der Waals surface area contributed by atoms with Crippen LogP contribution in [-0.2, 0) is 0 Å². The first kappa shape index (κ1) is 15.9. The lowest BCUT2D eigenvalue weighted by Crippen LogP contribution is -2.49. The third kappa shape index (κ3) is 3.20. The van der Waals surface area contributed by atoms with Gasteiger partial charge in [-0.25, -0.2) is 4.90 Å². The largest absolute Gasteiger partial charge is 0.299 e. The van der Waals surface area contributed by atoms with Gasteiger partial charge in [0.25, 0.3) is 5.66 Å². The quantitative estimate of drug-likeness (QED) is 0.276. The number of benzene rings is 1. The minimum Gasteiger partial charge on any atom is -0.289 e. The molecule has 0 bridgehead atoms. The summed E-state index contributed by atoms with van der Waals surface area (Å²) in [6, 6.07) is 8.97. The Hall–Kier alpha value is -2.53. The maximum Gasteiger partial charge on any atom is 0.299 e. The fourth-order valence-corrected chi connectivity index (χ4v) is 2.26. The average Bonchev–Trinajstić information content (AvgIpc) is 2.53.